The molecule has 0 aliphatic carbocycles. The van der Waals surface area contributed by atoms with Crippen LogP contribution in [0.15, 0.2) is 146 Å². The Kier molecular flexibility index (Phi) is 40.9. The van der Waals surface area contributed by atoms with E-state index in [9.17, 15) is 29.3 Å². The van der Waals surface area contributed by atoms with Gasteiger partial charge < -0.3 is 24.6 Å². The minimum Gasteiger partial charge on any atom is -0.463 e. The van der Waals surface area contributed by atoms with E-state index >= 15 is 0 Å². The standard InChI is InChI=1S/C50H75O10P/c1-3-5-7-9-11-13-15-17-19-21-23-25-27-29-31-33-35-37-39-41-49(53)57-43-47(51)45-59-61(55,56)60-46-48(52)44-58-50(54)42-40-38-36-34-32-30-28-26-24-22-20-18-16-14-12-10-8-6-4-2/h5-8,11-14,17-20,23-26,29-32,35-38,47-48,51-52H,3-4,9-10,15-16,21-22,27-28,33-34,39-46H2,1-2H3,(H,55,56)/b7-5+,8-6+,13-11-,14-12-,19-17-,20-18-,25-23-,26-24-,31-29-,32-30-,37-35-,38-36-. The first-order valence-electron chi connectivity index (χ1n) is 21.8. The highest BCUT2D eigenvalue weighted by atomic mass is 31.2. The number of aliphatic hydroxyl groups is 2. The van der Waals surface area contributed by atoms with Crippen LogP contribution in [0.4, 0.5) is 0 Å². The fourth-order valence-corrected chi connectivity index (χ4v) is 5.49. The Hall–Kier alpha value is -4.15. The van der Waals surface area contributed by atoms with Crippen molar-refractivity contribution in [1.82, 2.24) is 0 Å². The molecule has 2 atom stereocenters. The zero-order valence-corrected chi connectivity index (χ0v) is 37.7. The van der Waals surface area contributed by atoms with Crippen LogP contribution in [-0.4, -0.2) is 65.7 Å². The summed E-state index contributed by atoms with van der Waals surface area (Å²) >= 11 is 0. The first-order chi connectivity index (χ1) is 29.7. The minimum absolute atomic E-state index is 0.113. The summed E-state index contributed by atoms with van der Waals surface area (Å²) in [4.78, 5) is 33.8. The topological polar surface area (TPSA) is 149 Å². The molecule has 3 N–H and O–H groups in total. The molecule has 0 aliphatic heterocycles. The lowest BCUT2D eigenvalue weighted by Crippen LogP contribution is -2.25. The molecule has 0 fully saturated rings. The van der Waals surface area contributed by atoms with E-state index in [0.717, 1.165) is 77.0 Å². The molecule has 0 bridgehead atoms. The SMILES string of the molecule is CC/C=C/C/C=C\C/C=C\C/C=C\C/C=C\C/C=C\CCC(=O)OCC(O)COP(=O)(O)OCC(O)COC(=O)CC/C=C\C/C=C\C/C=C\C/C=C\C/C=C\C/C=C/CC. The van der Waals surface area contributed by atoms with Crippen molar-refractivity contribution in [3.63, 3.8) is 0 Å². The van der Waals surface area contributed by atoms with E-state index < -0.39 is 58.4 Å². The summed E-state index contributed by atoms with van der Waals surface area (Å²) < 4.78 is 31.6. The average Bonchev–Trinajstić information content (AvgIpc) is 3.25. The van der Waals surface area contributed by atoms with E-state index in [1.54, 1.807) is 0 Å². The third-order valence-corrected chi connectivity index (χ3v) is 8.91. The van der Waals surface area contributed by atoms with Crippen molar-refractivity contribution >= 4 is 19.8 Å². The highest BCUT2D eigenvalue weighted by Crippen LogP contribution is 2.43. The van der Waals surface area contributed by atoms with E-state index in [0.29, 0.717) is 12.8 Å². The second kappa shape index (κ2) is 43.9. The maximum atomic E-state index is 12.1. The number of hydrogen-bond donors (Lipinski definition) is 3. The van der Waals surface area contributed by atoms with Crippen LogP contribution in [0.1, 0.15) is 117 Å². The van der Waals surface area contributed by atoms with Gasteiger partial charge in [-0.05, 0) is 89.9 Å². The highest BCUT2D eigenvalue weighted by Gasteiger charge is 2.25. The Morgan fingerprint density at radius 1 is 0.410 bits per heavy atom. The summed E-state index contributed by atoms with van der Waals surface area (Å²) in [5.74, 6) is -1.06. The number of carbonyl (C=O) groups is 2. The molecule has 0 heterocycles. The molecule has 0 saturated heterocycles. The summed E-state index contributed by atoms with van der Waals surface area (Å²) in [6, 6.07) is 0. The Morgan fingerprint density at radius 3 is 0.885 bits per heavy atom. The van der Waals surface area contributed by atoms with Gasteiger partial charge in [0.05, 0.1) is 13.2 Å². The van der Waals surface area contributed by atoms with Crippen LogP contribution in [0.25, 0.3) is 0 Å². The first kappa shape index (κ1) is 56.9. The lowest BCUT2D eigenvalue weighted by molar-refractivity contribution is -0.147. The molecule has 0 aliphatic rings. The number of rotatable bonds is 38. The monoisotopic (exact) mass is 867 g/mol. The molecule has 0 spiro atoms. The molecule has 0 aromatic rings. The van der Waals surface area contributed by atoms with Gasteiger partial charge in [0.1, 0.15) is 25.4 Å². The molecule has 11 heteroatoms. The molecule has 61 heavy (non-hydrogen) atoms. The predicted molar refractivity (Wildman–Crippen MR) is 251 cm³/mol. The van der Waals surface area contributed by atoms with Crippen molar-refractivity contribution in [3.8, 4) is 0 Å². The van der Waals surface area contributed by atoms with E-state index in [2.05, 4.69) is 135 Å². The summed E-state index contributed by atoms with van der Waals surface area (Å²) in [5, 5.41) is 20.0. The van der Waals surface area contributed by atoms with Crippen LogP contribution < -0.4 is 0 Å². The number of phosphoric acid groups is 1. The van der Waals surface area contributed by atoms with Crippen molar-refractivity contribution < 1.29 is 47.8 Å². The van der Waals surface area contributed by atoms with E-state index in [-0.39, 0.29) is 12.8 Å². The summed E-state index contributed by atoms with van der Waals surface area (Å²) in [5.41, 5.74) is 0. The number of hydrogen-bond acceptors (Lipinski definition) is 9. The normalized spacial score (nSPS) is 15.2. The van der Waals surface area contributed by atoms with Crippen LogP contribution in [0.3, 0.4) is 0 Å². The lowest BCUT2D eigenvalue weighted by atomic mass is 10.2. The van der Waals surface area contributed by atoms with E-state index in [4.69, 9.17) is 18.5 Å². The van der Waals surface area contributed by atoms with Gasteiger partial charge in [-0.25, -0.2) is 4.57 Å². The smallest absolute Gasteiger partial charge is 0.463 e. The van der Waals surface area contributed by atoms with Crippen LogP contribution in [0.2, 0.25) is 0 Å². The van der Waals surface area contributed by atoms with Crippen molar-refractivity contribution in [2.75, 3.05) is 26.4 Å². The van der Waals surface area contributed by atoms with Crippen LogP contribution in [0, 0.1) is 0 Å². The Morgan fingerprint density at radius 2 is 0.639 bits per heavy atom. The minimum atomic E-state index is -4.65. The quantitative estimate of drug-likeness (QED) is 0.0311. The number of aliphatic hydroxyl groups excluding tert-OH is 2. The maximum absolute atomic E-state index is 12.1. The molecule has 10 nitrogen and oxygen atoms in total. The van der Waals surface area contributed by atoms with Gasteiger partial charge in [0.2, 0.25) is 0 Å². The number of phosphoric ester groups is 1. The number of ether oxygens (including phenoxy) is 2. The van der Waals surface area contributed by atoms with Crippen molar-refractivity contribution in [2.24, 2.45) is 0 Å². The molecule has 0 amide bonds. The molecule has 0 aromatic heterocycles. The number of carbonyl (C=O) groups excluding carboxylic acids is 2. The van der Waals surface area contributed by atoms with Gasteiger partial charge in [0.25, 0.3) is 0 Å². The number of esters is 2. The Bertz CT molecular complexity index is 1400. The summed E-state index contributed by atoms with van der Waals surface area (Å²) in [6.07, 6.45) is 60.0. The van der Waals surface area contributed by atoms with Gasteiger partial charge in [-0.3, -0.25) is 18.6 Å². The van der Waals surface area contributed by atoms with Gasteiger partial charge in [0.15, 0.2) is 0 Å². The predicted octanol–water partition coefficient (Wildman–Crippen LogP) is 11.9. The van der Waals surface area contributed by atoms with Gasteiger partial charge in [-0.1, -0.05) is 160 Å². The zero-order chi connectivity index (χ0) is 44.8. The first-order valence-corrected chi connectivity index (χ1v) is 23.3. The van der Waals surface area contributed by atoms with Crippen molar-refractivity contribution in [1.29, 1.82) is 0 Å². The molecular weight excluding hydrogens is 792 g/mol. The Balaban J connectivity index is 3.92. The summed E-state index contributed by atoms with van der Waals surface area (Å²) in [7, 11) is -4.65. The summed E-state index contributed by atoms with van der Waals surface area (Å²) in [6.45, 7) is 2.11. The van der Waals surface area contributed by atoms with E-state index in [1.165, 1.54) is 0 Å². The second-order valence-electron chi connectivity index (χ2n) is 13.6. The van der Waals surface area contributed by atoms with Crippen LogP contribution in [0.5, 0.6) is 0 Å². The average molecular weight is 867 g/mol. The number of allylic oxidation sites excluding steroid dienone is 24. The highest BCUT2D eigenvalue weighted by molar-refractivity contribution is 7.47. The lowest BCUT2D eigenvalue weighted by Gasteiger charge is -2.17. The van der Waals surface area contributed by atoms with Gasteiger partial charge in [-0.15, -0.1) is 0 Å². The molecule has 0 radical (unpaired) electrons. The Labute approximate surface area is 367 Å². The van der Waals surface area contributed by atoms with Gasteiger partial charge in [-0.2, -0.15) is 0 Å². The van der Waals surface area contributed by atoms with Crippen LogP contribution in [-0.2, 0) is 32.7 Å². The van der Waals surface area contributed by atoms with Crippen molar-refractivity contribution in [2.45, 2.75) is 129 Å². The fourth-order valence-electron chi connectivity index (χ4n) is 4.70. The molecule has 0 saturated carbocycles. The second-order valence-corrected chi connectivity index (χ2v) is 15.1. The van der Waals surface area contributed by atoms with Crippen LogP contribution >= 0.6 is 7.82 Å². The van der Waals surface area contributed by atoms with Gasteiger partial charge in [0, 0.05) is 12.8 Å². The largest absolute Gasteiger partial charge is 0.472 e. The molecule has 0 rings (SSSR count). The molecular formula is C50H75O10P. The van der Waals surface area contributed by atoms with Gasteiger partial charge >= 0.3 is 19.8 Å². The fraction of sp³-hybridized carbons (Fsp3) is 0.480. The third kappa shape index (κ3) is 45.2. The zero-order valence-electron chi connectivity index (χ0n) is 36.8. The van der Waals surface area contributed by atoms with Crippen molar-refractivity contribution in [3.05, 3.63) is 146 Å². The molecule has 340 valence electrons. The maximum Gasteiger partial charge on any atom is 0.472 e. The molecule has 0 aromatic carbocycles. The molecule has 2 unspecified atom stereocenters. The third-order valence-electron chi connectivity index (χ3n) is 7.96. The van der Waals surface area contributed by atoms with E-state index in [1.807, 2.05) is 24.3 Å².